The Bertz CT molecular complexity index is 744. The van der Waals surface area contributed by atoms with Gasteiger partial charge in [0.25, 0.3) is 0 Å². The van der Waals surface area contributed by atoms with E-state index in [9.17, 15) is 28.9 Å². The molecule has 2 rings (SSSR count). The molecule has 2 unspecified atom stereocenters. The molecule has 1 heterocycles. The van der Waals surface area contributed by atoms with Crippen LogP contribution in [0.2, 0.25) is 0 Å². The Kier molecular flexibility index (Phi) is 4.92. The Morgan fingerprint density at radius 2 is 1.43 bits per heavy atom. The van der Waals surface area contributed by atoms with Crippen molar-refractivity contribution in [1.82, 2.24) is 0 Å². The van der Waals surface area contributed by atoms with Crippen LogP contribution in [0.25, 0.3) is 11.1 Å². The van der Waals surface area contributed by atoms with Crippen LogP contribution in [0.3, 0.4) is 0 Å². The van der Waals surface area contributed by atoms with Gasteiger partial charge < -0.3 is 19.8 Å². The summed E-state index contributed by atoms with van der Waals surface area (Å²) >= 11 is 0. The van der Waals surface area contributed by atoms with Crippen molar-refractivity contribution in [3.8, 4) is 11.1 Å². The maximum Gasteiger partial charge on any atom is 0.373 e. The number of benzene rings is 1. The number of hydrogen-bond acceptors (Lipinski definition) is 3. The third-order valence-electron chi connectivity index (χ3n) is 3.52. The normalized spacial score (nSPS) is 17.3. The molecule has 0 amide bonds. The zero-order valence-electron chi connectivity index (χ0n) is 12.4. The van der Waals surface area contributed by atoms with Crippen molar-refractivity contribution in [1.29, 1.82) is 0 Å². The van der Waals surface area contributed by atoms with Crippen molar-refractivity contribution in [2.75, 3.05) is 6.66 Å². The van der Waals surface area contributed by atoms with Gasteiger partial charge in [-0.2, -0.15) is 0 Å². The lowest BCUT2D eigenvalue weighted by Gasteiger charge is -2.27. The van der Waals surface area contributed by atoms with E-state index in [-0.39, 0.29) is 0 Å². The Labute approximate surface area is 133 Å². The first-order valence-electron chi connectivity index (χ1n) is 6.67. The number of aliphatic hydroxyl groups is 1. The summed E-state index contributed by atoms with van der Waals surface area (Å²) in [5, 5.41) is 7.10. The van der Waals surface area contributed by atoms with E-state index in [1.54, 1.807) is 12.1 Å². The number of aromatic nitrogens is 1. The summed E-state index contributed by atoms with van der Waals surface area (Å²) in [7, 11) is -9.70. The largest absolute Gasteiger partial charge is 0.373 e. The molecule has 7 nitrogen and oxygen atoms in total. The molecule has 0 bridgehead atoms. The standard InChI is InChI=1S/C14H17NO6P2/c1-22(17,18)14(16,23(19,20)21)11-15-9-7-13(8-10-15)12-5-3-2-4-6-12/h2-10,16H,11H2,1H3,(H2-,17,18,19,20,21)/p+1. The molecule has 2 aromatic rings. The van der Waals surface area contributed by atoms with Gasteiger partial charge in [0.05, 0.1) is 0 Å². The molecule has 1 aromatic carbocycles. The summed E-state index contributed by atoms with van der Waals surface area (Å²) in [5.41, 5.74) is 1.82. The second-order valence-corrected chi connectivity index (χ2v) is 10.0. The highest BCUT2D eigenvalue weighted by Gasteiger charge is 2.60. The summed E-state index contributed by atoms with van der Waals surface area (Å²) in [6.45, 7) is 0.0294. The van der Waals surface area contributed by atoms with Crippen LogP contribution in [0, 0.1) is 0 Å². The number of pyridine rings is 1. The van der Waals surface area contributed by atoms with Gasteiger partial charge in [-0.3, -0.25) is 9.13 Å². The maximum atomic E-state index is 11.8. The highest BCUT2D eigenvalue weighted by atomic mass is 31.2. The number of rotatable bonds is 5. The predicted molar refractivity (Wildman–Crippen MR) is 84.8 cm³/mol. The van der Waals surface area contributed by atoms with Gasteiger partial charge in [-0.05, 0) is 11.1 Å². The van der Waals surface area contributed by atoms with Crippen LogP contribution >= 0.6 is 15.0 Å². The molecule has 1 aromatic heterocycles. The highest BCUT2D eigenvalue weighted by Crippen LogP contribution is 2.67. The molecule has 2 atom stereocenters. The van der Waals surface area contributed by atoms with Gasteiger partial charge in [0.2, 0.25) is 7.37 Å². The topological polar surface area (TPSA) is 119 Å². The zero-order valence-corrected chi connectivity index (χ0v) is 14.1. The van der Waals surface area contributed by atoms with Crippen molar-refractivity contribution in [2.24, 2.45) is 0 Å². The molecule has 124 valence electrons. The second-order valence-electron chi connectivity index (χ2n) is 5.32. The molecule has 0 aliphatic heterocycles. The first-order valence-corrected chi connectivity index (χ1v) is 10.4. The smallest absolute Gasteiger partial charge is 0.365 e. The first-order chi connectivity index (χ1) is 10.5. The SMILES string of the molecule is CP(=O)(O)C(O)(C[n+]1ccc(-c2ccccc2)cc1)P(=O)(O)O. The van der Waals surface area contributed by atoms with Gasteiger partial charge in [-0.25, -0.2) is 4.57 Å². The fourth-order valence-electron chi connectivity index (χ4n) is 2.10. The number of hydrogen-bond donors (Lipinski definition) is 4. The summed E-state index contributed by atoms with van der Waals surface area (Å²) in [5.74, 6) is 0. The Hall–Kier alpha value is -1.33. The Morgan fingerprint density at radius 3 is 1.87 bits per heavy atom. The Balaban J connectivity index is 2.33. The van der Waals surface area contributed by atoms with Crippen molar-refractivity contribution < 1.29 is 33.5 Å². The highest BCUT2D eigenvalue weighted by molar-refractivity contribution is 7.74. The van der Waals surface area contributed by atoms with Gasteiger partial charge in [0.15, 0.2) is 18.9 Å². The van der Waals surface area contributed by atoms with E-state index in [0.29, 0.717) is 0 Å². The van der Waals surface area contributed by atoms with Crippen LogP contribution in [0.5, 0.6) is 0 Å². The van der Waals surface area contributed by atoms with Crippen LogP contribution in [0.15, 0.2) is 54.9 Å². The van der Waals surface area contributed by atoms with Crippen molar-refractivity contribution >= 4 is 15.0 Å². The summed E-state index contributed by atoms with van der Waals surface area (Å²) in [4.78, 5) is 28.1. The van der Waals surface area contributed by atoms with Gasteiger partial charge in [-0.1, -0.05) is 30.3 Å². The van der Waals surface area contributed by atoms with Gasteiger partial charge in [0.1, 0.15) is 0 Å². The summed E-state index contributed by atoms with van der Waals surface area (Å²) in [6, 6.07) is 12.8. The molecule has 0 fully saturated rings. The third kappa shape index (κ3) is 3.78. The van der Waals surface area contributed by atoms with Crippen LogP contribution in [-0.2, 0) is 15.7 Å². The van der Waals surface area contributed by atoms with Crippen LogP contribution in [0.1, 0.15) is 0 Å². The van der Waals surface area contributed by atoms with E-state index >= 15 is 0 Å². The van der Waals surface area contributed by atoms with E-state index in [4.69, 9.17) is 0 Å². The van der Waals surface area contributed by atoms with E-state index in [2.05, 4.69) is 0 Å². The zero-order chi connectivity index (χ0) is 17.3. The molecule has 0 saturated carbocycles. The van der Waals surface area contributed by atoms with Crippen molar-refractivity contribution in [3.05, 3.63) is 54.9 Å². The average molecular weight is 358 g/mol. The molecular formula is C14H18NO6P2+. The van der Waals surface area contributed by atoms with Gasteiger partial charge >= 0.3 is 12.7 Å². The van der Waals surface area contributed by atoms with E-state index in [1.165, 1.54) is 17.0 Å². The van der Waals surface area contributed by atoms with E-state index in [1.807, 2.05) is 30.3 Å². The molecule has 0 aliphatic rings. The predicted octanol–water partition coefficient (Wildman–Crippen LogP) is 1.37. The third-order valence-corrected chi connectivity index (χ3v) is 7.96. The molecule has 0 spiro atoms. The number of nitrogens with zero attached hydrogens (tertiary/aromatic N) is 1. The monoisotopic (exact) mass is 358 g/mol. The molecular weight excluding hydrogens is 340 g/mol. The summed E-state index contributed by atoms with van der Waals surface area (Å²) < 4.78 is 24.5. The van der Waals surface area contributed by atoms with Gasteiger partial charge in [0, 0.05) is 18.8 Å². The summed E-state index contributed by atoms with van der Waals surface area (Å²) in [6.07, 6.45) is 2.97. The first kappa shape index (κ1) is 18.0. The van der Waals surface area contributed by atoms with E-state index in [0.717, 1.165) is 17.8 Å². The lowest BCUT2D eigenvalue weighted by Crippen LogP contribution is -2.47. The van der Waals surface area contributed by atoms with E-state index < -0.39 is 26.6 Å². The quantitative estimate of drug-likeness (QED) is 0.473. The van der Waals surface area contributed by atoms with Crippen molar-refractivity contribution in [3.63, 3.8) is 0 Å². The van der Waals surface area contributed by atoms with Crippen LogP contribution in [-0.4, -0.2) is 31.5 Å². The Morgan fingerprint density at radius 1 is 0.957 bits per heavy atom. The molecule has 0 radical (unpaired) electrons. The lowest BCUT2D eigenvalue weighted by atomic mass is 10.1. The minimum absolute atomic E-state index is 0.698. The maximum absolute atomic E-state index is 11.8. The van der Waals surface area contributed by atoms with Crippen LogP contribution < -0.4 is 4.57 Å². The second kappa shape index (κ2) is 6.29. The lowest BCUT2D eigenvalue weighted by molar-refractivity contribution is -0.703. The molecule has 23 heavy (non-hydrogen) atoms. The van der Waals surface area contributed by atoms with Crippen LogP contribution in [0.4, 0.5) is 0 Å². The minimum atomic E-state index is -5.22. The van der Waals surface area contributed by atoms with Gasteiger partial charge in [-0.15, -0.1) is 0 Å². The molecule has 4 N–H and O–H groups in total. The fourth-order valence-corrected chi connectivity index (χ4v) is 4.80. The fraction of sp³-hybridized carbons (Fsp3) is 0.214. The molecule has 0 saturated heterocycles. The minimum Gasteiger partial charge on any atom is -0.365 e. The van der Waals surface area contributed by atoms with Crippen molar-refractivity contribution in [2.45, 2.75) is 11.6 Å². The molecule has 0 aliphatic carbocycles. The molecule has 9 heteroatoms. The average Bonchev–Trinajstić information content (AvgIpc) is 2.46.